The van der Waals surface area contributed by atoms with E-state index < -0.39 is 32.9 Å². The van der Waals surface area contributed by atoms with Crippen LogP contribution in [0.2, 0.25) is 0 Å². The SMILES string of the molecule is C/C=S(/N(C(=O)OC(C)(C)C)c1cc(C)c(=O)n(C)c1Nc1ccc(I)cc1F)C1(CC(=O)COCc2ccccc2)CC1. The average Bonchev–Trinajstić information content (AvgIpc) is 3.72. The van der Waals surface area contributed by atoms with Crippen molar-refractivity contribution in [2.75, 3.05) is 16.2 Å². The van der Waals surface area contributed by atoms with E-state index in [4.69, 9.17) is 9.47 Å². The predicted octanol–water partition coefficient (Wildman–Crippen LogP) is 7.64. The number of hydrogen-bond donors (Lipinski definition) is 1. The van der Waals surface area contributed by atoms with Gasteiger partial charge in [0.15, 0.2) is 5.78 Å². The van der Waals surface area contributed by atoms with Gasteiger partial charge in [-0.3, -0.25) is 14.2 Å². The summed E-state index contributed by atoms with van der Waals surface area (Å²) in [5, 5.41) is 5.00. The van der Waals surface area contributed by atoms with E-state index in [-0.39, 0.29) is 35.9 Å². The summed E-state index contributed by atoms with van der Waals surface area (Å²) >= 11 is 2.03. The molecule has 0 radical (unpaired) electrons. The van der Waals surface area contributed by atoms with Crippen LogP contribution in [0.15, 0.2) is 59.4 Å². The van der Waals surface area contributed by atoms with Gasteiger partial charge in [-0.1, -0.05) is 41.0 Å². The van der Waals surface area contributed by atoms with Gasteiger partial charge in [-0.05, 0) is 105 Å². The molecule has 1 unspecified atom stereocenters. The number of nitrogens with zero attached hydrogens (tertiary/aromatic N) is 2. The van der Waals surface area contributed by atoms with Crippen molar-refractivity contribution in [3.05, 3.63) is 85.5 Å². The first-order valence-corrected chi connectivity index (χ1v) is 16.7. The molecule has 236 valence electrons. The van der Waals surface area contributed by atoms with Crippen LogP contribution in [-0.4, -0.2) is 38.8 Å². The van der Waals surface area contributed by atoms with Gasteiger partial charge in [0.1, 0.15) is 23.8 Å². The highest BCUT2D eigenvalue weighted by Crippen LogP contribution is 2.58. The number of carbonyl (C=O) groups is 2. The third-order valence-corrected chi connectivity index (χ3v) is 10.4. The molecular formula is C33H39FIN3O5S. The van der Waals surface area contributed by atoms with Gasteiger partial charge in [0, 0.05) is 27.3 Å². The Hall–Kier alpha value is -3.03. The van der Waals surface area contributed by atoms with Crippen LogP contribution >= 0.6 is 33.3 Å². The molecule has 1 saturated carbocycles. The lowest BCUT2D eigenvalue weighted by Crippen LogP contribution is -2.38. The zero-order chi connectivity index (χ0) is 32.2. The Balaban J connectivity index is 1.73. The van der Waals surface area contributed by atoms with Crippen LogP contribution in [0.5, 0.6) is 0 Å². The van der Waals surface area contributed by atoms with Crippen molar-refractivity contribution < 1.29 is 23.5 Å². The van der Waals surface area contributed by atoms with E-state index in [1.807, 2.05) is 65.2 Å². The zero-order valence-corrected chi connectivity index (χ0v) is 28.9. The molecule has 0 bridgehead atoms. The van der Waals surface area contributed by atoms with E-state index in [2.05, 4.69) is 5.32 Å². The Morgan fingerprint density at radius 1 is 1.16 bits per heavy atom. The lowest BCUT2D eigenvalue weighted by molar-refractivity contribution is -0.124. The number of aromatic nitrogens is 1. The number of aryl methyl sites for hydroxylation is 1. The van der Waals surface area contributed by atoms with Crippen LogP contribution in [0.4, 0.5) is 26.4 Å². The quantitative estimate of drug-likeness (QED) is 0.161. The van der Waals surface area contributed by atoms with E-state index >= 15 is 4.39 Å². The summed E-state index contributed by atoms with van der Waals surface area (Å²) in [6.07, 6.45) is 1.04. The number of ketones is 1. The molecule has 3 aromatic rings. The maximum absolute atomic E-state index is 15.0. The van der Waals surface area contributed by atoms with Gasteiger partial charge in [0.2, 0.25) is 0 Å². The van der Waals surface area contributed by atoms with Crippen molar-refractivity contribution >= 4 is 67.7 Å². The van der Waals surface area contributed by atoms with E-state index in [0.717, 1.165) is 18.4 Å². The van der Waals surface area contributed by atoms with Crippen molar-refractivity contribution in [3.8, 4) is 0 Å². The molecule has 1 aliphatic carbocycles. The fourth-order valence-corrected chi connectivity index (χ4v) is 7.83. The molecular weight excluding hydrogens is 696 g/mol. The molecule has 1 atom stereocenters. The second-order valence-corrected chi connectivity index (χ2v) is 15.5. The number of hydrogen-bond acceptors (Lipinski definition) is 6. The molecule has 44 heavy (non-hydrogen) atoms. The summed E-state index contributed by atoms with van der Waals surface area (Å²) in [6, 6.07) is 16.0. The Morgan fingerprint density at radius 2 is 1.84 bits per heavy atom. The second-order valence-electron chi connectivity index (χ2n) is 11.9. The Labute approximate surface area is 274 Å². The highest BCUT2D eigenvalue weighted by Gasteiger charge is 2.51. The summed E-state index contributed by atoms with van der Waals surface area (Å²) in [5.74, 6) is -0.322. The smallest absolute Gasteiger partial charge is 0.424 e. The standard InChI is InChI=1S/C33H39FIN3O5S/c1-7-44(33(15-16-33)19-25(39)21-42-20-23-11-9-8-10-12-23)38(31(41)43-32(3,4)5)28-17-22(2)30(40)37(6)29(28)36-27-14-13-24(35)18-26(27)34/h7-14,17-18,36H,15-16,19-21H2,1-6H3. The molecule has 8 nitrogen and oxygen atoms in total. The zero-order valence-electron chi connectivity index (χ0n) is 25.9. The van der Waals surface area contributed by atoms with Crippen LogP contribution in [-0.2, 0) is 27.9 Å². The van der Waals surface area contributed by atoms with Crippen molar-refractivity contribution in [2.24, 2.45) is 7.05 Å². The molecule has 0 aliphatic heterocycles. The minimum absolute atomic E-state index is 0.0398. The van der Waals surface area contributed by atoms with Crippen LogP contribution in [0.25, 0.3) is 0 Å². The van der Waals surface area contributed by atoms with E-state index in [9.17, 15) is 14.4 Å². The Bertz CT molecular complexity index is 1630. The molecule has 1 aliphatic rings. The normalized spacial score (nSPS) is 14.6. The number of nitrogens with one attached hydrogen (secondary N) is 1. The minimum atomic E-state index is -0.940. The number of Topliss-reactive ketones (excluding diaryl/α,β-unsaturated/α-hetero) is 1. The van der Waals surface area contributed by atoms with Gasteiger partial charge < -0.3 is 14.8 Å². The lowest BCUT2D eigenvalue weighted by atomic mass is 10.2. The molecule has 11 heteroatoms. The molecule has 0 saturated heterocycles. The lowest BCUT2D eigenvalue weighted by Gasteiger charge is -2.35. The second kappa shape index (κ2) is 13.9. The first-order chi connectivity index (χ1) is 20.7. The van der Waals surface area contributed by atoms with Gasteiger partial charge >= 0.3 is 6.09 Å². The van der Waals surface area contributed by atoms with Gasteiger partial charge in [-0.2, -0.15) is 0 Å². The highest BCUT2D eigenvalue weighted by atomic mass is 127. The van der Waals surface area contributed by atoms with Gasteiger partial charge in [0.25, 0.3) is 5.56 Å². The first-order valence-electron chi connectivity index (χ1n) is 14.4. The van der Waals surface area contributed by atoms with Gasteiger partial charge in [-0.25, -0.2) is 13.5 Å². The number of amides is 1. The maximum Gasteiger partial charge on any atom is 0.424 e. The van der Waals surface area contributed by atoms with E-state index in [1.54, 1.807) is 52.9 Å². The molecule has 1 amide bonds. The fraction of sp³-hybridized carbons (Fsp3) is 0.394. The summed E-state index contributed by atoms with van der Waals surface area (Å²) in [6.45, 7) is 9.16. The third kappa shape index (κ3) is 8.16. The van der Waals surface area contributed by atoms with Gasteiger partial charge in [-0.15, -0.1) is 0 Å². The van der Waals surface area contributed by atoms with Crippen LogP contribution in [0, 0.1) is 16.3 Å². The molecule has 0 spiro atoms. The summed E-state index contributed by atoms with van der Waals surface area (Å²) in [5.41, 5.74) is 0.785. The monoisotopic (exact) mass is 735 g/mol. The number of ether oxygens (including phenoxy) is 2. The number of benzene rings is 2. The van der Waals surface area contributed by atoms with Crippen molar-refractivity contribution in [2.45, 2.75) is 70.8 Å². The molecule has 4 rings (SSSR count). The summed E-state index contributed by atoms with van der Waals surface area (Å²) < 4.78 is 29.8. The largest absolute Gasteiger partial charge is 0.443 e. The number of carbonyl (C=O) groups excluding carboxylic acids is 2. The van der Waals surface area contributed by atoms with Crippen molar-refractivity contribution in [1.29, 1.82) is 0 Å². The van der Waals surface area contributed by atoms with Crippen LogP contribution in [0.1, 0.15) is 58.1 Å². The number of halogens is 2. The number of anilines is 3. The molecule has 2 aromatic carbocycles. The minimum Gasteiger partial charge on any atom is -0.443 e. The van der Waals surface area contributed by atoms with Crippen molar-refractivity contribution in [1.82, 2.24) is 4.57 Å². The van der Waals surface area contributed by atoms with Gasteiger partial charge in [0.05, 0.1) is 18.0 Å². The Kier molecular flexibility index (Phi) is 10.7. The molecule has 1 heterocycles. The van der Waals surface area contributed by atoms with Crippen LogP contribution < -0.4 is 15.2 Å². The molecule has 1 N–H and O–H groups in total. The number of rotatable bonds is 11. The van der Waals surface area contributed by atoms with Crippen molar-refractivity contribution in [3.63, 3.8) is 0 Å². The molecule has 1 fully saturated rings. The van der Waals surface area contributed by atoms with E-state index in [0.29, 0.717) is 21.4 Å². The van der Waals surface area contributed by atoms with Crippen LogP contribution in [0.3, 0.4) is 0 Å². The number of pyridine rings is 1. The molecule has 1 aromatic heterocycles. The summed E-state index contributed by atoms with van der Waals surface area (Å²) in [7, 11) is 0.637. The first kappa shape index (κ1) is 33.9. The third-order valence-electron chi connectivity index (χ3n) is 7.10. The highest BCUT2D eigenvalue weighted by molar-refractivity contribution is 14.1. The Morgan fingerprint density at radius 3 is 2.43 bits per heavy atom. The average molecular weight is 736 g/mol. The maximum atomic E-state index is 15.0. The summed E-state index contributed by atoms with van der Waals surface area (Å²) in [4.78, 5) is 40.4. The van der Waals surface area contributed by atoms with E-state index in [1.165, 1.54) is 14.9 Å². The topological polar surface area (TPSA) is 89.9 Å². The predicted molar refractivity (Wildman–Crippen MR) is 185 cm³/mol. The fourth-order valence-electron chi connectivity index (χ4n) is 4.90.